The van der Waals surface area contributed by atoms with Crippen LogP contribution in [0.15, 0.2) is 54.4 Å². The van der Waals surface area contributed by atoms with E-state index in [4.69, 9.17) is 4.74 Å². The maximum atomic E-state index is 13.6. The van der Waals surface area contributed by atoms with Gasteiger partial charge < -0.3 is 10.1 Å². The van der Waals surface area contributed by atoms with Gasteiger partial charge in [0.15, 0.2) is 0 Å². The highest BCUT2D eigenvalue weighted by Crippen LogP contribution is 2.35. The molecule has 0 spiro atoms. The molecule has 1 aliphatic rings. The Labute approximate surface area is 134 Å². The molecule has 2 aromatic carbocycles. The topological polar surface area (TPSA) is 81.5 Å². The maximum absolute atomic E-state index is 13.6. The Bertz CT molecular complexity index is 867. The number of halogens is 2. The van der Waals surface area contributed by atoms with Crippen molar-refractivity contribution in [3.05, 3.63) is 87.2 Å². The van der Waals surface area contributed by atoms with Crippen LogP contribution in [0.25, 0.3) is 0 Å². The van der Waals surface area contributed by atoms with Crippen LogP contribution >= 0.6 is 0 Å². The van der Waals surface area contributed by atoms with Crippen molar-refractivity contribution >= 4 is 11.7 Å². The molecule has 3 rings (SSSR count). The number of ether oxygens (including phenoxy) is 1. The Morgan fingerprint density at radius 1 is 1.25 bits per heavy atom. The van der Waals surface area contributed by atoms with Crippen molar-refractivity contribution in [1.82, 2.24) is 0 Å². The van der Waals surface area contributed by atoms with Gasteiger partial charge in [0.1, 0.15) is 11.6 Å². The molecule has 1 aliphatic heterocycles. The van der Waals surface area contributed by atoms with Crippen molar-refractivity contribution < 1.29 is 23.2 Å². The van der Waals surface area contributed by atoms with Crippen molar-refractivity contribution in [3.8, 4) is 0 Å². The Kier molecular flexibility index (Phi) is 3.95. The summed E-state index contributed by atoms with van der Waals surface area (Å²) in [7, 11) is 0. The molecule has 0 saturated carbocycles. The fourth-order valence-electron chi connectivity index (χ4n) is 2.35. The lowest BCUT2D eigenvalue weighted by Gasteiger charge is -2.09. The molecular weight excluding hydrogens is 322 g/mol. The summed E-state index contributed by atoms with van der Waals surface area (Å²) in [6.07, 6.45) is -0.282. The van der Waals surface area contributed by atoms with Crippen molar-refractivity contribution in [3.63, 3.8) is 0 Å². The van der Waals surface area contributed by atoms with E-state index in [0.29, 0.717) is 11.6 Å². The summed E-state index contributed by atoms with van der Waals surface area (Å²) in [6, 6.07) is 9.04. The normalized spacial score (nSPS) is 16.5. The van der Waals surface area contributed by atoms with Gasteiger partial charge in [-0.05, 0) is 18.2 Å². The van der Waals surface area contributed by atoms with E-state index in [1.807, 2.05) is 0 Å². The number of anilines is 1. The minimum atomic E-state index is -1.21. The summed E-state index contributed by atoms with van der Waals surface area (Å²) in [6.45, 7) is 0. The van der Waals surface area contributed by atoms with Crippen LogP contribution in [0.2, 0.25) is 0 Å². The van der Waals surface area contributed by atoms with E-state index in [1.165, 1.54) is 6.07 Å². The number of carbonyl (C=O) groups excluding carboxylic acids is 1. The molecule has 8 heteroatoms. The highest BCUT2D eigenvalue weighted by atomic mass is 19.1. The molecule has 0 bridgehead atoms. The Hall–Kier alpha value is -3.29. The molecule has 0 aliphatic carbocycles. The third-order valence-electron chi connectivity index (χ3n) is 3.47. The zero-order valence-electron chi connectivity index (χ0n) is 12.0. The molecule has 1 N–H and O–H groups in total. The van der Waals surface area contributed by atoms with Crippen LogP contribution in [0.1, 0.15) is 22.0 Å². The van der Waals surface area contributed by atoms with Gasteiger partial charge in [-0.3, -0.25) is 10.1 Å². The summed E-state index contributed by atoms with van der Waals surface area (Å²) in [5.41, 5.74) is -0.0274. The van der Waals surface area contributed by atoms with Gasteiger partial charge in [-0.25, -0.2) is 13.6 Å². The molecule has 1 atom stereocenters. The van der Waals surface area contributed by atoms with Crippen LogP contribution in [-0.2, 0) is 4.74 Å². The lowest BCUT2D eigenvalue weighted by atomic mass is 10.0. The van der Waals surface area contributed by atoms with Crippen LogP contribution in [0.5, 0.6) is 0 Å². The predicted octanol–water partition coefficient (Wildman–Crippen LogP) is 3.41. The molecule has 6 nitrogen and oxygen atoms in total. The van der Waals surface area contributed by atoms with E-state index in [9.17, 15) is 23.7 Å². The van der Waals surface area contributed by atoms with Crippen LogP contribution in [0.3, 0.4) is 0 Å². The third kappa shape index (κ3) is 2.81. The molecule has 0 radical (unpaired) electrons. The van der Waals surface area contributed by atoms with Crippen molar-refractivity contribution in [1.29, 1.82) is 0 Å². The number of rotatable bonds is 4. The predicted molar refractivity (Wildman–Crippen MR) is 79.7 cm³/mol. The van der Waals surface area contributed by atoms with Gasteiger partial charge in [0, 0.05) is 11.6 Å². The molecule has 0 unspecified atom stereocenters. The summed E-state index contributed by atoms with van der Waals surface area (Å²) in [5, 5.41) is 13.7. The number of nitro groups is 1. The molecule has 0 amide bonds. The number of carbonyl (C=O) groups is 1. The third-order valence-corrected chi connectivity index (χ3v) is 3.47. The van der Waals surface area contributed by atoms with Crippen LogP contribution in [0, 0.1) is 21.7 Å². The fraction of sp³-hybridized carbons (Fsp3) is 0.0625. The summed E-state index contributed by atoms with van der Waals surface area (Å²) < 4.78 is 31.5. The van der Waals surface area contributed by atoms with Crippen LogP contribution in [0.4, 0.5) is 14.5 Å². The van der Waals surface area contributed by atoms with E-state index < -0.39 is 34.3 Å². The molecular formula is C16H10F2N2O4. The van der Waals surface area contributed by atoms with E-state index in [-0.39, 0.29) is 11.3 Å². The molecule has 1 heterocycles. The lowest BCUT2D eigenvalue weighted by Crippen LogP contribution is -2.12. The zero-order valence-corrected chi connectivity index (χ0v) is 12.0. The first-order valence-corrected chi connectivity index (χ1v) is 6.83. The Morgan fingerprint density at radius 2 is 2.00 bits per heavy atom. The molecule has 0 saturated heterocycles. The summed E-state index contributed by atoms with van der Waals surface area (Å²) in [4.78, 5) is 22.4. The SMILES string of the molecule is O=C1O[C@H](/C(=C\Nc2ccc(F)cc2F)[N+](=O)[O-])c2ccccc21. The second-order valence-corrected chi connectivity index (χ2v) is 4.97. The lowest BCUT2D eigenvalue weighted by molar-refractivity contribution is -0.436. The summed E-state index contributed by atoms with van der Waals surface area (Å²) in [5.74, 6) is -2.34. The average Bonchev–Trinajstić information content (AvgIpc) is 2.87. The number of hydrogen-bond donors (Lipinski definition) is 1. The first-order valence-electron chi connectivity index (χ1n) is 6.83. The van der Waals surface area contributed by atoms with E-state index in [1.54, 1.807) is 18.2 Å². The van der Waals surface area contributed by atoms with Crippen molar-refractivity contribution in [2.24, 2.45) is 0 Å². The number of nitrogens with zero attached hydrogens (tertiary/aromatic N) is 1. The second-order valence-electron chi connectivity index (χ2n) is 4.97. The standard InChI is InChI=1S/C16H10F2N2O4/c17-9-5-6-13(12(18)7-9)19-8-14(20(22)23)15-10-3-1-2-4-11(10)16(21)24-15/h1-8,15,19H/b14-8+/t15-/m0/s1. The van der Waals surface area contributed by atoms with Gasteiger partial charge in [0.25, 0.3) is 0 Å². The number of hydrogen-bond acceptors (Lipinski definition) is 5. The quantitative estimate of drug-likeness (QED) is 0.527. The molecule has 24 heavy (non-hydrogen) atoms. The van der Waals surface area contributed by atoms with Crippen LogP contribution < -0.4 is 5.32 Å². The zero-order chi connectivity index (χ0) is 17.3. The highest BCUT2D eigenvalue weighted by Gasteiger charge is 2.39. The first-order chi connectivity index (χ1) is 11.5. The van der Waals surface area contributed by atoms with Gasteiger partial charge >= 0.3 is 11.7 Å². The van der Waals surface area contributed by atoms with Gasteiger partial charge in [-0.1, -0.05) is 18.2 Å². The smallest absolute Gasteiger partial charge is 0.339 e. The molecule has 0 aromatic heterocycles. The fourth-order valence-corrected chi connectivity index (χ4v) is 2.35. The Morgan fingerprint density at radius 3 is 2.71 bits per heavy atom. The van der Waals surface area contributed by atoms with Crippen molar-refractivity contribution in [2.45, 2.75) is 6.10 Å². The van der Waals surface area contributed by atoms with Gasteiger partial charge in [0.2, 0.25) is 6.10 Å². The van der Waals surface area contributed by atoms with E-state index in [2.05, 4.69) is 5.32 Å². The number of fused-ring (bicyclic) bond motifs is 1. The largest absolute Gasteiger partial charge is 0.442 e. The number of esters is 1. The van der Waals surface area contributed by atoms with E-state index >= 15 is 0 Å². The minimum absolute atomic E-state index is 0.145. The monoisotopic (exact) mass is 332 g/mol. The Balaban J connectivity index is 1.94. The van der Waals surface area contributed by atoms with E-state index in [0.717, 1.165) is 18.3 Å². The molecule has 0 fully saturated rings. The first kappa shape index (κ1) is 15.6. The summed E-state index contributed by atoms with van der Waals surface area (Å²) >= 11 is 0. The second kappa shape index (κ2) is 6.07. The minimum Gasteiger partial charge on any atom is -0.442 e. The van der Waals surface area contributed by atoms with Gasteiger partial charge in [-0.15, -0.1) is 0 Å². The molecule has 2 aromatic rings. The average molecular weight is 332 g/mol. The number of benzene rings is 2. The molecule has 122 valence electrons. The number of nitrogens with one attached hydrogen (secondary N) is 1. The maximum Gasteiger partial charge on any atom is 0.339 e. The van der Waals surface area contributed by atoms with Gasteiger partial charge in [0.05, 0.1) is 22.4 Å². The number of cyclic esters (lactones) is 1. The van der Waals surface area contributed by atoms with Crippen LogP contribution in [-0.4, -0.2) is 10.9 Å². The van der Waals surface area contributed by atoms with Gasteiger partial charge in [-0.2, -0.15) is 0 Å². The highest BCUT2D eigenvalue weighted by molar-refractivity contribution is 5.94. The van der Waals surface area contributed by atoms with Crippen molar-refractivity contribution in [2.75, 3.05) is 5.32 Å².